The Morgan fingerprint density at radius 2 is 2.21 bits per heavy atom. The largest absolute Gasteiger partial charge is 0.369 e. The number of fused-ring (bicyclic) bond motifs is 1. The number of carbonyl (C=O) groups is 2. The number of aliphatic imine (C=N–C) groups is 2. The van der Waals surface area contributed by atoms with Gasteiger partial charge in [0.2, 0.25) is 5.91 Å². The third kappa shape index (κ3) is 3.44. The highest BCUT2D eigenvalue weighted by atomic mass is 16.2. The molecule has 0 spiro atoms. The van der Waals surface area contributed by atoms with Crippen molar-refractivity contribution in [1.82, 2.24) is 20.1 Å². The zero-order chi connectivity index (χ0) is 20.8. The van der Waals surface area contributed by atoms with Gasteiger partial charge in [0.25, 0.3) is 5.91 Å². The van der Waals surface area contributed by atoms with Gasteiger partial charge < -0.3 is 21.3 Å². The second-order valence-electron chi connectivity index (χ2n) is 7.40. The van der Waals surface area contributed by atoms with Gasteiger partial charge in [-0.15, -0.1) is 0 Å². The smallest absolute Gasteiger partial charge is 0.275 e. The molecule has 1 aromatic heterocycles. The number of nitrogens with one attached hydrogen (secondary N) is 2. The molecule has 29 heavy (non-hydrogen) atoms. The van der Waals surface area contributed by atoms with Gasteiger partial charge in [-0.2, -0.15) is 0 Å². The summed E-state index contributed by atoms with van der Waals surface area (Å²) in [5, 5.41) is 6.05. The lowest BCUT2D eigenvalue weighted by atomic mass is 9.91. The summed E-state index contributed by atoms with van der Waals surface area (Å²) in [6.07, 6.45) is 6.92. The highest BCUT2D eigenvalue weighted by Gasteiger charge is 2.37. The van der Waals surface area contributed by atoms with Crippen molar-refractivity contribution >= 4 is 29.7 Å². The molecule has 10 heteroatoms. The summed E-state index contributed by atoms with van der Waals surface area (Å²) in [5.41, 5.74) is 7.34. The van der Waals surface area contributed by atoms with Crippen molar-refractivity contribution in [2.45, 2.75) is 32.0 Å². The Morgan fingerprint density at radius 3 is 2.97 bits per heavy atom. The van der Waals surface area contributed by atoms with Crippen LogP contribution in [0.3, 0.4) is 0 Å². The highest BCUT2D eigenvalue weighted by Crippen LogP contribution is 2.32. The number of pyridine rings is 1. The molecule has 0 bridgehead atoms. The van der Waals surface area contributed by atoms with Crippen molar-refractivity contribution in [2.24, 2.45) is 15.7 Å². The number of nitrogens with zero attached hydrogens (tertiary/aromatic N) is 5. The molecule has 4 heterocycles. The summed E-state index contributed by atoms with van der Waals surface area (Å²) in [5.74, 6) is -0.351. The molecule has 0 aliphatic carbocycles. The molecule has 0 saturated carbocycles. The summed E-state index contributed by atoms with van der Waals surface area (Å²) < 4.78 is 0. The first-order chi connectivity index (χ1) is 13.7. The van der Waals surface area contributed by atoms with Crippen molar-refractivity contribution in [3.8, 4) is 0 Å². The average molecular weight is 394 g/mol. The molecular formula is C19H22N8O2. The summed E-state index contributed by atoms with van der Waals surface area (Å²) in [4.78, 5) is 41.1. The Labute approximate surface area is 167 Å². The molecule has 10 nitrogen and oxygen atoms in total. The monoisotopic (exact) mass is 394 g/mol. The van der Waals surface area contributed by atoms with Gasteiger partial charge in [-0.3, -0.25) is 19.5 Å². The summed E-state index contributed by atoms with van der Waals surface area (Å²) in [6.45, 7) is 3.74. The van der Waals surface area contributed by atoms with E-state index in [1.54, 1.807) is 44.7 Å². The molecule has 0 fully saturated rings. The Morgan fingerprint density at radius 1 is 1.41 bits per heavy atom. The number of anilines is 1. The molecule has 3 aliphatic heterocycles. The van der Waals surface area contributed by atoms with E-state index >= 15 is 0 Å². The van der Waals surface area contributed by atoms with Crippen LogP contribution in [0.5, 0.6) is 0 Å². The number of guanidine groups is 1. The number of hydrogen-bond acceptors (Lipinski definition) is 8. The number of aromatic nitrogens is 1. The zero-order valence-corrected chi connectivity index (χ0v) is 16.4. The maximum absolute atomic E-state index is 12.7. The van der Waals surface area contributed by atoms with Crippen LogP contribution in [0.2, 0.25) is 0 Å². The minimum Gasteiger partial charge on any atom is -0.369 e. The molecule has 150 valence electrons. The number of carbonyl (C=O) groups excluding carboxylic acids is 2. The van der Waals surface area contributed by atoms with E-state index in [2.05, 4.69) is 25.6 Å². The molecule has 4 N–H and O–H groups in total. The number of nitrogens with two attached hydrogens (primary N) is 1. The fourth-order valence-electron chi connectivity index (χ4n) is 3.38. The van der Waals surface area contributed by atoms with Crippen LogP contribution in [-0.4, -0.2) is 52.0 Å². The molecule has 2 unspecified atom stereocenters. The summed E-state index contributed by atoms with van der Waals surface area (Å²) in [7, 11) is 1.58. The average Bonchev–Trinajstić information content (AvgIpc) is 3.05. The Hall–Kier alpha value is -3.69. The normalized spacial score (nSPS) is 25.7. The molecule has 3 aliphatic rings. The lowest BCUT2D eigenvalue weighted by Gasteiger charge is -2.32. The summed E-state index contributed by atoms with van der Waals surface area (Å²) >= 11 is 0. The van der Waals surface area contributed by atoms with E-state index in [4.69, 9.17) is 5.73 Å². The van der Waals surface area contributed by atoms with Crippen LogP contribution in [0, 0.1) is 0 Å². The second-order valence-corrected chi connectivity index (χ2v) is 7.40. The second kappa shape index (κ2) is 6.73. The van der Waals surface area contributed by atoms with Crippen molar-refractivity contribution < 1.29 is 9.59 Å². The first-order valence-corrected chi connectivity index (χ1v) is 9.13. The topological polar surface area (TPSA) is 128 Å². The Bertz CT molecular complexity index is 1010. The van der Waals surface area contributed by atoms with E-state index < -0.39 is 5.54 Å². The number of rotatable bonds is 3. The predicted molar refractivity (Wildman–Crippen MR) is 108 cm³/mol. The molecule has 0 radical (unpaired) electrons. The van der Waals surface area contributed by atoms with Gasteiger partial charge in [0.05, 0.1) is 12.1 Å². The molecule has 4 rings (SSSR count). The molecule has 0 aromatic carbocycles. The van der Waals surface area contributed by atoms with Gasteiger partial charge in [-0.25, -0.2) is 9.98 Å². The van der Waals surface area contributed by atoms with Gasteiger partial charge in [0.15, 0.2) is 5.96 Å². The van der Waals surface area contributed by atoms with Crippen molar-refractivity contribution in [3.63, 3.8) is 0 Å². The van der Waals surface area contributed by atoms with Gasteiger partial charge >= 0.3 is 0 Å². The van der Waals surface area contributed by atoms with Crippen LogP contribution in [0.4, 0.5) is 5.69 Å². The van der Waals surface area contributed by atoms with E-state index in [1.807, 2.05) is 18.0 Å². The third-order valence-corrected chi connectivity index (χ3v) is 5.04. The number of allylic oxidation sites excluding steroid dienone is 1. The van der Waals surface area contributed by atoms with E-state index in [-0.39, 0.29) is 36.1 Å². The molecule has 2 atom stereocenters. The van der Waals surface area contributed by atoms with Crippen LogP contribution in [0.15, 0.2) is 52.1 Å². The maximum Gasteiger partial charge on any atom is 0.275 e. The van der Waals surface area contributed by atoms with Crippen molar-refractivity contribution in [1.29, 1.82) is 0 Å². The molecule has 0 saturated heterocycles. The van der Waals surface area contributed by atoms with E-state index in [0.717, 1.165) is 5.70 Å². The Balaban J connectivity index is 1.54. The fraction of sp³-hybridized carbons (Fsp3) is 0.316. The van der Waals surface area contributed by atoms with Crippen LogP contribution in [0.1, 0.15) is 26.0 Å². The Kier molecular flexibility index (Phi) is 4.33. The zero-order valence-electron chi connectivity index (χ0n) is 16.4. The minimum atomic E-state index is -0.895. The number of hydrogen-bond donors (Lipinski definition) is 3. The van der Waals surface area contributed by atoms with Crippen molar-refractivity contribution in [2.75, 3.05) is 12.4 Å². The molecule has 2 amide bonds. The minimum absolute atomic E-state index is 0.0654. The lowest BCUT2D eigenvalue weighted by molar-refractivity contribution is -0.128. The quantitative estimate of drug-likeness (QED) is 0.682. The van der Waals surface area contributed by atoms with Gasteiger partial charge in [0.1, 0.15) is 17.4 Å². The van der Waals surface area contributed by atoms with E-state index in [1.165, 1.54) is 4.90 Å². The van der Waals surface area contributed by atoms with Crippen LogP contribution in [-0.2, 0) is 15.1 Å². The van der Waals surface area contributed by atoms with Crippen LogP contribution < -0.4 is 16.4 Å². The SMILES string of the molecule is CC1=CN2C=C(C(=O)Nc3ccnc(C4(C)CC(=O)N(C)C(N)=N4)c3)N=CC2N1. The highest BCUT2D eigenvalue weighted by molar-refractivity contribution is 6.05. The van der Waals surface area contributed by atoms with Crippen LogP contribution in [0.25, 0.3) is 0 Å². The summed E-state index contributed by atoms with van der Waals surface area (Å²) in [6, 6.07) is 3.37. The van der Waals surface area contributed by atoms with Crippen LogP contribution >= 0.6 is 0 Å². The lowest BCUT2D eigenvalue weighted by Crippen LogP contribution is -2.47. The van der Waals surface area contributed by atoms with Gasteiger partial charge in [0, 0.05) is 43.2 Å². The van der Waals surface area contributed by atoms with Crippen molar-refractivity contribution in [3.05, 3.63) is 47.8 Å². The van der Waals surface area contributed by atoms with Gasteiger partial charge in [-0.05, 0) is 26.0 Å². The fourth-order valence-corrected chi connectivity index (χ4v) is 3.38. The predicted octanol–water partition coefficient (Wildman–Crippen LogP) is 0.431. The maximum atomic E-state index is 12.7. The molecule has 1 aromatic rings. The molecular weight excluding hydrogens is 372 g/mol. The standard InChI is InChI=1S/C19H22N8O2/c1-11-9-27-10-13(22-8-15(27)23-11)17(29)24-12-4-5-21-14(6-12)19(2)7-16(28)26(3)18(20)25-19/h4-6,8-10,15,23H,7H2,1-3H3,(H2,20,25)(H,21,24,29). The first-order valence-electron chi connectivity index (χ1n) is 9.13. The van der Waals surface area contributed by atoms with Gasteiger partial charge in [-0.1, -0.05) is 0 Å². The van der Waals surface area contributed by atoms with E-state index in [9.17, 15) is 9.59 Å². The number of amides is 2. The third-order valence-electron chi connectivity index (χ3n) is 5.04. The first kappa shape index (κ1) is 18.7. The van der Waals surface area contributed by atoms with E-state index in [0.29, 0.717) is 11.4 Å².